The van der Waals surface area contributed by atoms with Gasteiger partial charge in [-0.2, -0.15) is 0 Å². The number of ether oxygens (including phenoxy) is 2. The summed E-state index contributed by atoms with van der Waals surface area (Å²) >= 11 is 8.36. The van der Waals surface area contributed by atoms with E-state index in [9.17, 15) is 14.4 Å². The molecule has 0 atom stereocenters. The van der Waals surface area contributed by atoms with Crippen LogP contribution >= 0.6 is 34.3 Å². The Kier molecular flexibility index (Phi) is 9.66. The molecule has 31 heavy (non-hydrogen) atoms. The molecular formula is C20H24ClN3O5S2. The SMILES string of the molecule is C=CCN(CC(=O)Nc1sc(C(N)=O)c(C)c1C(=O)OCCOC)Cc1ccc(Cl)s1. The Bertz CT molecular complexity index is 957. The predicted molar refractivity (Wildman–Crippen MR) is 123 cm³/mol. The molecule has 0 saturated carbocycles. The number of halogens is 1. The molecule has 0 fully saturated rings. The minimum atomic E-state index is -0.684. The maximum Gasteiger partial charge on any atom is 0.341 e. The highest BCUT2D eigenvalue weighted by molar-refractivity contribution is 7.18. The summed E-state index contributed by atoms with van der Waals surface area (Å²) in [7, 11) is 1.49. The number of esters is 1. The minimum absolute atomic E-state index is 0.0421. The number of thiophene rings is 2. The molecular weight excluding hydrogens is 462 g/mol. The molecule has 0 aliphatic carbocycles. The van der Waals surface area contributed by atoms with Gasteiger partial charge in [0.25, 0.3) is 5.91 Å². The fraction of sp³-hybridized carbons (Fsp3) is 0.350. The molecule has 0 saturated heterocycles. The van der Waals surface area contributed by atoms with Crippen LogP contribution in [0.3, 0.4) is 0 Å². The van der Waals surface area contributed by atoms with Crippen molar-refractivity contribution in [2.24, 2.45) is 5.73 Å². The zero-order valence-electron chi connectivity index (χ0n) is 17.2. The second-order valence-corrected chi connectivity index (χ2v) is 9.29. The van der Waals surface area contributed by atoms with Gasteiger partial charge in [-0.25, -0.2) is 4.79 Å². The molecule has 0 spiro atoms. The molecule has 11 heteroatoms. The van der Waals surface area contributed by atoms with Gasteiger partial charge in [0, 0.05) is 25.1 Å². The van der Waals surface area contributed by atoms with Crippen molar-refractivity contribution in [3.8, 4) is 0 Å². The summed E-state index contributed by atoms with van der Waals surface area (Å²) in [5, 5.41) is 2.94. The normalized spacial score (nSPS) is 10.8. The first-order valence-corrected chi connectivity index (χ1v) is 11.2. The van der Waals surface area contributed by atoms with Crippen LogP contribution in [0.4, 0.5) is 5.00 Å². The van der Waals surface area contributed by atoms with E-state index in [1.165, 1.54) is 18.4 Å². The number of rotatable bonds is 12. The molecule has 2 rings (SSSR count). The Hall–Kier alpha value is -2.24. The Morgan fingerprint density at radius 1 is 1.29 bits per heavy atom. The van der Waals surface area contributed by atoms with Crippen LogP contribution in [-0.2, 0) is 20.8 Å². The predicted octanol–water partition coefficient (Wildman–Crippen LogP) is 3.30. The molecule has 168 valence electrons. The Balaban J connectivity index is 2.17. The minimum Gasteiger partial charge on any atom is -0.460 e. The van der Waals surface area contributed by atoms with Gasteiger partial charge in [0.2, 0.25) is 5.91 Å². The van der Waals surface area contributed by atoms with Crippen LogP contribution < -0.4 is 11.1 Å². The molecule has 0 radical (unpaired) electrons. The fourth-order valence-electron chi connectivity index (χ4n) is 2.77. The van der Waals surface area contributed by atoms with E-state index in [4.69, 9.17) is 26.8 Å². The Labute approximate surface area is 193 Å². The summed E-state index contributed by atoms with van der Waals surface area (Å²) in [6.07, 6.45) is 1.70. The molecule has 2 aromatic heterocycles. The standard InChI is InChI=1S/C20H24ClN3O5S2/c1-4-7-24(10-13-5-6-14(21)30-13)11-15(25)23-19-16(20(27)29-9-8-28-3)12(2)17(31-19)18(22)26/h4-6H,1,7-11H2,2-3H3,(H2,22,26)(H,23,25). The lowest BCUT2D eigenvalue weighted by atomic mass is 10.1. The van der Waals surface area contributed by atoms with Crippen molar-refractivity contribution in [3.05, 3.63) is 50.0 Å². The molecule has 0 aliphatic rings. The van der Waals surface area contributed by atoms with E-state index in [0.29, 0.717) is 23.0 Å². The van der Waals surface area contributed by atoms with E-state index in [1.807, 2.05) is 11.0 Å². The highest BCUT2D eigenvalue weighted by atomic mass is 35.5. The largest absolute Gasteiger partial charge is 0.460 e. The van der Waals surface area contributed by atoms with Crippen LogP contribution in [0.15, 0.2) is 24.8 Å². The van der Waals surface area contributed by atoms with Crippen molar-refractivity contribution in [1.29, 1.82) is 0 Å². The number of hydrogen-bond donors (Lipinski definition) is 2. The molecule has 0 bridgehead atoms. The monoisotopic (exact) mass is 485 g/mol. The van der Waals surface area contributed by atoms with Crippen LogP contribution in [0, 0.1) is 6.92 Å². The van der Waals surface area contributed by atoms with Gasteiger partial charge < -0.3 is 20.5 Å². The number of methoxy groups -OCH3 is 1. The second kappa shape index (κ2) is 12.0. The van der Waals surface area contributed by atoms with Crippen molar-refractivity contribution in [3.63, 3.8) is 0 Å². The smallest absolute Gasteiger partial charge is 0.341 e. The number of carbonyl (C=O) groups is 3. The first-order chi connectivity index (χ1) is 14.8. The molecule has 2 aromatic rings. The molecule has 0 aliphatic heterocycles. The number of amides is 2. The third-order valence-electron chi connectivity index (χ3n) is 4.11. The topological polar surface area (TPSA) is 111 Å². The third-order valence-corrected chi connectivity index (χ3v) is 6.55. The van der Waals surface area contributed by atoms with Crippen molar-refractivity contribution >= 4 is 57.1 Å². The fourth-order valence-corrected chi connectivity index (χ4v) is 4.96. The molecule has 8 nitrogen and oxygen atoms in total. The van der Waals surface area contributed by atoms with Crippen LogP contribution in [0.1, 0.15) is 30.5 Å². The third kappa shape index (κ3) is 7.15. The van der Waals surface area contributed by atoms with E-state index in [0.717, 1.165) is 16.2 Å². The first kappa shape index (κ1) is 25.0. The van der Waals surface area contributed by atoms with E-state index in [1.54, 1.807) is 19.1 Å². The summed E-state index contributed by atoms with van der Waals surface area (Å²) in [5.74, 6) is -1.70. The maximum absolute atomic E-state index is 12.7. The summed E-state index contributed by atoms with van der Waals surface area (Å²) in [4.78, 5) is 40.1. The van der Waals surface area contributed by atoms with Crippen molar-refractivity contribution in [2.75, 3.05) is 38.7 Å². The number of carbonyl (C=O) groups excluding carboxylic acids is 3. The van der Waals surface area contributed by atoms with Crippen molar-refractivity contribution in [1.82, 2.24) is 4.90 Å². The van der Waals surface area contributed by atoms with Gasteiger partial charge in [-0.05, 0) is 24.6 Å². The summed E-state index contributed by atoms with van der Waals surface area (Å²) in [6, 6.07) is 3.70. The van der Waals surface area contributed by atoms with Crippen molar-refractivity contribution in [2.45, 2.75) is 13.5 Å². The zero-order chi connectivity index (χ0) is 23.0. The number of anilines is 1. The number of hydrogen-bond acceptors (Lipinski definition) is 8. The average Bonchev–Trinajstić information content (AvgIpc) is 3.24. The van der Waals surface area contributed by atoms with Gasteiger partial charge in [-0.1, -0.05) is 17.7 Å². The summed E-state index contributed by atoms with van der Waals surface area (Å²) in [6.45, 7) is 6.62. The van der Waals surface area contributed by atoms with Gasteiger partial charge in [0.05, 0.1) is 27.9 Å². The molecule has 2 amide bonds. The van der Waals surface area contributed by atoms with Gasteiger partial charge in [0.1, 0.15) is 11.6 Å². The number of nitrogens with one attached hydrogen (secondary N) is 1. The number of nitrogens with zero attached hydrogens (tertiary/aromatic N) is 1. The van der Waals surface area contributed by atoms with Crippen LogP contribution in [0.2, 0.25) is 4.34 Å². The zero-order valence-corrected chi connectivity index (χ0v) is 19.6. The van der Waals surface area contributed by atoms with Gasteiger partial charge >= 0.3 is 5.97 Å². The number of primary amides is 1. The Morgan fingerprint density at radius 2 is 2.03 bits per heavy atom. The van der Waals surface area contributed by atoms with Gasteiger partial charge in [-0.3, -0.25) is 14.5 Å². The van der Waals surface area contributed by atoms with Crippen LogP contribution in [0.25, 0.3) is 0 Å². The number of nitrogens with two attached hydrogens (primary N) is 1. The van der Waals surface area contributed by atoms with E-state index >= 15 is 0 Å². The van der Waals surface area contributed by atoms with E-state index < -0.39 is 11.9 Å². The lowest BCUT2D eigenvalue weighted by molar-refractivity contribution is -0.117. The van der Waals surface area contributed by atoms with E-state index in [2.05, 4.69) is 11.9 Å². The van der Waals surface area contributed by atoms with Gasteiger partial charge in [0.15, 0.2) is 0 Å². The molecule has 0 unspecified atom stereocenters. The summed E-state index contributed by atoms with van der Waals surface area (Å²) in [5.41, 5.74) is 5.90. The van der Waals surface area contributed by atoms with Crippen molar-refractivity contribution < 1.29 is 23.9 Å². The quantitative estimate of drug-likeness (QED) is 0.271. The maximum atomic E-state index is 12.7. The molecule has 3 N–H and O–H groups in total. The molecule has 0 aromatic carbocycles. The second-order valence-electron chi connectivity index (χ2n) is 6.47. The average molecular weight is 486 g/mol. The first-order valence-electron chi connectivity index (χ1n) is 9.23. The lowest BCUT2D eigenvalue weighted by Gasteiger charge is -2.19. The van der Waals surface area contributed by atoms with Gasteiger partial charge in [-0.15, -0.1) is 29.3 Å². The highest BCUT2D eigenvalue weighted by Gasteiger charge is 2.26. The summed E-state index contributed by atoms with van der Waals surface area (Å²) < 4.78 is 10.7. The highest BCUT2D eigenvalue weighted by Crippen LogP contribution is 2.33. The Morgan fingerprint density at radius 3 is 2.61 bits per heavy atom. The van der Waals surface area contributed by atoms with Crippen LogP contribution in [0.5, 0.6) is 0 Å². The van der Waals surface area contributed by atoms with E-state index in [-0.39, 0.29) is 41.1 Å². The molecule has 2 heterocycles. The lowest BCUT2D eigenvalue weighted by Crippen LogP contribution is -2.33. The van der Waals surface area contributed by atoms with Crippen LogP contribution in [-0.4, -0.2) is 56.1 Å².